The van der Waals surface area contributed by atoms with Gasteiger partial charge in [0.2, 0.25) is 0 Å². The molecule has 0 saturated carbocycles. The van der Waals surface area contributed by atoms with E-state index in [4.69, 9.17) is 4.74 Å². The summed E-state index contributed by atoms with van der Waals surface area (Å²) in [6.07, 6.45) is 2.75. The van der Waals surface area contributed by atoms with Crippen molar-refractivity contribution in [3.63, 3.8) is 0 Å². The molecule has 94 valence electrons. The summed E-state index contributed by atoms with van der Waals surface area (Å²) in [6, 6.07) is 8.26. The van der Waals surface area contributed by atoms with Gasteiger partial charge in [0.15, 0.2) is 0 Å². The molecule has 2 nitrogen and oxygen atoms in total. The number of ether oxygens (including phenoxy) is 1. The number of rotatable bonds is 8. The van der Waals surface area contributed by atoms with Crippen molar-refractivity contribution in [1.82, 2.24) is 5.32 Å². The number of hydrogen-bond donors (Lipinski definition) is 1. The lowest BCUT2D eigenvalue weighted by atomic mass is 10.2. The highest BCUT2D eigenvalue weighted by Gasteiger charge is 1.96. The van der Waals surface area contributed by atoms with Gasteiger partial charge in [0, 0.05) is 6.54 Å². The first kappa shape index (κ1) is 13.8. The first-order chi connectivity index (χ1) is 8.22. The van der Waals surface area contributed by atoms with Gasteiger partial charge >= 0.3 is 0 Å². The second kappa shape index (κ2) is 7.91. The van der Waals surface area contributed by atoms with Crippen LogP contribution in [-0.4, -0.2) is 13.2 Å². The minimum Gasteiger partial charge on any atom is -0.493 e. The van der Waals surface area contributed by atoms with Crippen molar-refractivity contribution in [2.45, 2.75) is 26.8 Å². The van der Waals surface area contributed by atoms with Crippen molar-refractivity contribution in [2.75, 3.05) is 13.2 Å². The fourth-order valence-corrected chi connectivity index (χ4v) is 1.47. The zero-order valence-corrected chi connectivity index (χ0v) is 10.9. The van der Waals surface area contributed by atoms with Crippen LogP contribution in [0.1, 0.15) is 25.8 Å². The monoisotopic (exact) mass is 233 g/mol. The fourth-order valence-electron chi connectivity index (χ4n) is 1.47. The lowest BCUT2D eigenvalue weighted by Crippen LogP contribution is -2.18. The van der Waals surface area contributed by atoms with E-state index >= 15 is 0 Å². The van der Waals surface area contributed by atoms with Gasteiger partial charge in [0.25, 0.3) is 0 Å². The SMILES string of the molecule is C=CCCOc1ccc(CNCC(C)C)cc1. The molecule has 0 atom stereocenters. The second-order valence-corrected chi connectivity index (χ2v) is 4.59. The minimum absolute atomic E-state index is 0.691. The standard InChI is InChI=1S/C15H23NO/c1-4-5-10-17-15-8-6-14(7-9-15)12-16-11-13(2)3/h4,6-9,13,16H,1,5,10-12H2,2-3H3. The highest BCUT2D eigenvalue weighted by Crippen LogP contribution is 2.12. The van der Waals surface area contributed by atoms with Gasteiger partial charge in [0.05, 0.1) is 6.61 Å². The van der Waals surface area contributed by atoms with Crippen molar-refractivity contribution in [3.8, 4) is 5.75 Å². The molecular formula is C15H23NO. The summed E-state index contributed by atoms with van der Waals surface area (Å²) in [5, 5.41) is 3.42. The van der Waals surface area contributed by atoms with Crippen molar-refractivity contribution in [2.24, 2.45) is 5.92 Å². The summed E-state index contributed by atoms with van der Waals surface area (Å²) < 4.78 is 5.55. The molecule has 1 rings (SSSR count). The molecule has 0 spiro atoms. The molecule has 1 aromatic carbocycles. The Bertz CT molecular complexity index is 316. The van der Waals surface area contributed by atoms with Gasteiger partial charge in [0.1, 0.15) is 5.75 Å². The number of benzene rings is 1. The Balaban J connectivity index is 2.31. The van der Waals surface area contributed by atoms with Crippen LogP contribution < -0.4 is 10.1 Å². The van der Waals surface area contributed by atoms with Crippen molar-refractivity contribution >= 4 is 0 Å². The number of nitrogens with one attached hydrogen (secondary N) is 1. The quantitative estimate of drug-likeness (QED) is 0.549. The van der Waals surface area contributed by atoms with Crippen LogP contribution >= 0.6 is 0 Å². The Morgan fingerprint density at radius 2 is 2.00 bits per heavy atom. The van der Waals surface area contributed by atoms with E-state index in [0.29, 0.717) is 12.5 Å². The van der Waals surface area contributed by atoms with E-state index in [9.17, 15) is 0 Å². The van der Waals surface area contributed by atoms with E-state index in [1.807, 2.05) is 18.2 Å². The zero-order valence-electron chi connectivity index (χ0n) is 10.9. The van der Waals surface area contributed by atoms with Crippen LogP contribution in [0, 0.1) is 5.92 Å². The van der Waals surface area contributed by atoms with Crippen LogP contribution in [0.25, 0.3) is 0 Å². The predicted molar refractivity (Wildman–Crippen MR) is 73.3 cm³/mol. The Morgan fingerprint density at radius 3 is 2.59 bits per heavy atom. The molecule has 0 aliphatic rings. The van der Waals surface area contributed by atoms with E-state index in [2.05, 4.69) is 37.9 Å². The van der Waals surface area contributed by atoms with Gasteiger partial charge in [-0.3, -0.25) is 0 Å². The average Bonchev–Trinajstić information content (AvgIpc) is 2.31. The van der Waals surface area contributed by atoms with Crippen molar-refractivity contribution < 1.29 is 4.74 Å². The van der Waals surface area contributed by atoms with Crippen molar-refractivity contribution in [1.29, 1.82) is 0 Å². The van der Waals surface area contributed by atoms with Crippen molar-refractivity contribution in [3.05, 3.63) is 42.5 Å². The third kappa shape index (κ3) is 6.12. The zero-order chi connectivity index (χ0) is 12.5. The van der Waals surface area contributed by atoms with E-state index in [0.717, 1.165) is 25.3 Å². The molecule has 0 aliphatic carbocycles. The highest BCUT2D eigenvalue weighted by atomic mass is 16.5. The third-order valence-electron chi connectivity index (χ3n) is 2.40. The lowest BCUT2D eigenvalue weighted by molar-refractivity contribution is 0.325. The van der Waals surface area contributed by atoms with Gasteiger partial charge in [-0.1, -0.05) is 32.1 Å². The Kier molecular flexibility index (Phi) is 6.41. The second-order valence-electron chi connectivity index (χ2n) is 4.59. The summed E-state index contributed by atoms with van der Waals surface area (Å²) in [5.41, 5.74) is 1.29. The maximum atomic E-state index is 5.55. The van der Waals surface area contributed by atoms with E-state index in [-0.39, 0.29) is 0 Å². The first-order valence-corrected chi connectivity index (χ1v) is 6.25. The molecule has 0 saturated heterocycles. The van der Waals surface area contributed by atoms with Crippen LogP contribution in [0.3, 0.4) is 0 Å². The molecule has 0 fully saturated rings. The highest BCUT2D eigenvalue weighted by molar-refractivity contribution is 5.27. The summed E-state index contributed by atoms with van der Waals surface area (Å²) in [5.74, 6) is 1.62. The van der Waals surface area contributed by atoms with Gasteiger partial charge < -0.3 is 10.1 Å². The minimum atomic E-state index is 0.691. The fraction of sp³-hybridized carbons (Fsp3) is 0.467. The van der Waals surface area contributed by atoms with Crippen LogP contribution in [0.15, 0.2) is 36.9 Å². The largest absolute Gasteiger partial charge is 0.493 e. The molecule has 0 amide bonds. The molecule has 2 heteroatoms. The maximum Gasteiger partial charge on any atom is 0.119 e. The average molecular weight is 233 g/mol. The Labute approximate surface area is 105 Å². The first-order valence-electron chi connectivity index (χ1n) is 6.25. The van der Waals surface area contributed by atoms with Gasteiger partial charge in [-0.15, -0.1) is 6.58 Å². The van der Waals surface area contributed by atoms with Crippen LogP contribution in [0.4, 0.5) is 0 Å². The van der Waals surface area contributed by atoms with E-state index in [1.54, 1.807) is 0 Å². The summed E-state index contributed by atoms with van der Waals surface area (Å²) in [7, 11) is 0. The van der Waals surface area contributed by atoms with E-state index < -0.39 is 0 Å². The summed E-state index contributed by atoms with van der Waals surface area (Å²) in [4.78, 5) is 0. The van der Waals surface area contributed by atoms with Crippen LogP contribution in [-0.2, 0) is 6.54 Å². The molecule has 17 heavy (non-hydrogen) atoms. The molecule has 0 aliphatic heterocycles. The van der Waals surface area contributed by atoms with E-state index in [1.165, 1.54) is 5.56 Å². The lowest BCUT2D eigenvalue weighted by Gasteiger charge is -2.08. The molecule has 0 bridgehead atoms. The molecule has 1 aromatic rings. The van der Waals surface area contributed by atoms with Gasteiger partial charge in [-0.25, -0.2) is 0 Å². The Morgan fingerprint density at radius 1 is 1.29 bits per heavy atom. The van der Waals surface area contributed by atoms with Gasteiger partial charge in [-0.2, -0.15) is 0 Å². The molecule has 0 aromatic heterocycles. The van der Waals surface area contributed by atoms with Crippen LogP contribution in [0.5, 0.6) is 5.75 Å². The molecule has 1 N–H and O–H groups in total. The molecule has 0 unspecified atom stereocenters. The third-order valence-corrected chi connectivity index (χ3v) is 2.40. The van der Waals surface area contributed by atoms with Crippen LogP contribution in [0.2, 0.25) is 0 Å². The maximum absolute atomic E-state index is 5.55. The van der Waals surface area contributed by atoms with Gasteiger partial charge in [-0.05, 0) is 36.6 Å². The normalized spacial score (nSPS) is 10.5. The molecule has 0 heterocycles. The smallest absolute Gasteiger partial charge is 0.119 e. The molecular weight excluding hydrogens is 210 g/mol. The predicted octanol–water partition coefficient (Wildman–Crippen LogP) is 3.39. The summed E-state index contributed by atoms with van der Waals surface area (Å²) in [6.45, 7) is 10.8. The Hall–Kier alpha value is -1.28. The topological polar surface area (TPSA) is 21.3 Å². The molecule has 0 radical (unpaired) electrons. The summed E-state index contributed by atoms with van der Waals surface area (Å²) >= 11 is 0. The number of hydrogen-bond acceptors (Lipinski definition) is 2.